The van der Waals surface area contributed by atoms with Gasteiger partial charge in [0.15, 0.2) is 0 Å². The van der Waals surface area contributed by atoms with Crippen molar-refractivity contribution in [1.29, 1.82) is 0 Å². The highest BCUT2D eigenvalue weighted by Crippen LogP contribution is 2.41. The number of fused-ring (bicyclic) bond motifs is 1. The van der Waals surface area contributed by atoms with E-state index in [1.165, 1.54) is 57.0 Å². The Kier molecular flexibility index (Phi) is 12.6. The van der Waals surface area contributed by atoms with Crippen LogP contribution in [0.2, 0.25) is 10.1 Å². The normalized spacial score (nSPS) is 14.1. The summed E-state index contributed by atoms with van der Waals surface area (Å²) in [6.07, 6.45) is 9.06. The average molecular weight is 754 g/mol. The Hall–Kier alpha value is -3.62. The number of hydrogen-bond acceptors (Lipinski definition) is 3. The highest BCUT2D eigenvalue weighted by atomic mass is 28.4. The lowest BCUT2D eigenvalue weighted by molar-refractivity contribution is 0.0742. The van der Waals surface area contributed by atoms with Crippen molar-refractivity contribution >= 4 is 37.4 Å². The van der Waals surface area contributed by atoms with Gasteiger partial charge in [0, 0.05) is 30.0 Å². The quantitative estimate of drug-likeness (QED) is 0.0789. The number of aryl methyl sites for hydroxylation is 3. The number of nitrogens with zero attached hydrogens (tertiary/aromatic N) is 1. The minimum atomic E-state index is -2.77. The maximum absolute atomic E-state index is 7.73. The van der Waals surface area contributed by atoms with Gasteiger partial charge < -0.3 is 8.85 Å². The van der Waals surface area contributed by atoms with Crippen molar-refractivity contribution in [3.63, 3.8) is 0 Å². The van der Waals surface area contributed by atoms with Crippen LogP contribution in [0.1, 0.15) is 97.5 Å². The molecule has 0 radical (unpaired) electrons. The van der Waals surface area contributed by atoms with E-state index in [0.29, 0.717) is 13.2 Å². The first-order valence-corrected chi connectivity index (χ1v) is 24.2. The molecule has 1 aliphatic carbocycles. The first-order valence-electron chi connectivity index (χ1n) is 20.4. The van der Waals surface area contributed by atoms with Gasteiger partial charge in [-0.2, -0.15) is 0 Å². The van der Waals surface area contributed by atoms with E-state index in [9.17, 15) is 0 Å². The lowest BCUT2D eigenvalue weighted by Gasteiger charge is -2.47. The summed E-state index contributed by atoms with van der Waals surface area (Å²) in [6, 6.07) is 48.9. The summed E-state index contributed by atoms with van der Waals surface area (Å²) < 4.78 is 15.5. The number of rotatable bonds is 15. The Morgan fingerprint density at radius 3 is 1.31 bits per heavy atom. The van der Waals surface area contributed by atoms with Gasteiger partial charge in [0.1, 0.15) is 0 Å². The predicted molar refractivity (Wildman–Crippen MR) is 234 cm³/mol. The van der Waals surface area contributed by atoms with Gasteiger partial charge in [-0.25, -0.2) is 0 Å². The molecule has 0 N–H and O–H groups in total. The molecule has 6 rings (SSSR count). The average Bonchev–Trinajstić information content (AvgIpc) is 3.18. The maximum atomic E-state index is 7.73. The van der Waals surface area contributed by atoms with Gasteiger partial charge in [0.05, 0.1) is 0 Å². The zero-order valence-electron chi connectivity index (χ0n) is 34.0. The lowest BCUT2D eigenvalue weighted by Crippen LogP contribution is -2.68. The van der Waals surface area contributed by atoms with Crippen LogP contribution in [0, 0.1) is 5.41 Å². The first kappa shape index (κ1) is 40.1. The summed E-state index contributed by atoms with van der Waals surface area (Å²) in [6.45, 7) is 17.9. The monoisotopic (exact) mass is 753 g/mol. The highest BCUT2D eigenvalue weighted by Gasteiger charge is 2.53. The number of aromatic nitrogens is 1. The van der Waals surface area contributed by atoms with Gasteiger partial charge in [0.2, 0.25) is 0 Å². The topological polar surface area (TPSA) is 31.4 Å². The van der Waals surface area contributed by atoms with Crippen LogP contribution in [-0.4, -0.2) is 34.8 Å². The molecule has 1 aliphatic rings. The fourth-order valence-corrected chi connectivity index (χ4v) is 18.3. The highest BCUT2D eigenvalue weighted by molar-refractivity contribution is 7.00. The molecule has 1 heterocycles. The van der Waals surface area contributed by atoms with E-state index in [1.54, 1.807) is 0 Å². The molecule has 54 heavy (non-hydrogen) atoms. The molecule has 0 unspecified atom stereocenters. The summed E-state index contributed by atoms with van der Waals surface area (Å²) in [5.41, 5.74) is 3.80. The molecule has 0 spiro atoms. The number of hydrogen-bond donors (Lipinski definition) is 0. The van der Waals surface area contributed by atoms with Crippen LogP contribution < -0.4 is 20.7 Å². The molecule has 0 saturated heterocycles. The zero-order chi connectivity index (χ0) is 38.3. The Labute approximate surface area is 328 Å². The third kappa shape index (κ3) is 8.60. The molecule has 0 aliphatic heterocycles. The molecule has 0 amide bonds. The molecule has 284 valence electrons. The second-order valence-corrected chi connectivity index (χ2v) is 26.6. The molecular formula is C49H63NO2Si2. The summed E-state index contributed by atoms with van der Waals surface area (Å²) in [5, 5.41) is 5.06. The number of benzene rings is 4. The smallest absolute Gasteiger partial charge is 0.261 e. The molecule has 0 saturated carbocycles. The summed E-state index contributed by atoms with van der Waals surface area (Å²) in [7, 11) is -5.53. The number of unbranched alkanes of at least 4 members (excludes halogenated alkanes) is 1. The molecule has 5 aromatic rings. The second kappa shape index (κ2) is 17.0. The SMILES string of the molecule is CC(CCCCc1ccc2c(n1)CCCC2)(CO[Si](c1ccccc1)(c1ccccc1)C(C)(C)C)CO[Si](c1ccccc1)(c1ccccc1)C(C)(C)C. The minimum Gasteiger partial charge on any atom is -0.407 e. The molecule has 0 atom stereocenters. The molecule has 3 nitrogen and oxygen atoms in total. The Morgan fingerprint density at radius 1 is 0.500 bits per heavy atom. The van der Waals surface area contributed by atoms with E-state index < -0.39 is 16.6 Å². The number of pyridine rings is 1. The van der Waals surface area contributed by atoms with Crippen LogP contribution >= 0.6 is 0 Å². The lowest BCUT2D eigenvalue weighted by atomic mass is 9.86. The van der Waals surface area contributed by atoms with E-state index in [4.69, 9.17) is 13.8 Å². The van der Waals surface area contributed by atoms with Gasteiger partial charge in [0.25, 0.3) is 16.6 Å². The van der Waals surface area contributed by atoms with E-state index in [0.717, 1.165) is 32.1 Å². The van der Waals surface area contributed by atoms with E-state index in [2.05, 4.69) is 182 Å². The summed E-state index contributed by atoms with van der Waals surface area (Å²) in [4.78, 5) is 5.13. The van der Waals surface area contributed by atoms with Crippen molar-refractivity contribution in [2.45, 2.75) is 110 Å². The van der Waals surface area contributed by atoms with Crippen molar-refractivity contribution < 1.29 is 8.85 Å². The van der Waals surface area contributed by atoms with Crippen molar-refractivity contribution in [2.75, 3.05) is 13.2 Å². The zero-order valence-corrected chi connectivity index (χ0v) is 36.0. The molecule has 4 aromatic carbocycles. The van der Waals surface area contributed by atoms with E-state index in [-0.39, 0.29) is 15.5 Å². The van der Waals surface area contributed by atoms with Gasteiger partial charge in [-0.15, -0.1) is 0 Å². The third-order valence-electron chi connectivity index (χ3n) is 11.8. The molecule has 0 bridgehead atoms. The van der Waals surface area contributed by atoms with Crippen LogP contribution in [0.4, 0.5) is 0 Å². The van der Waals surface area contributed by atoms with Crippen LogP contribution in [0.15, 0.2) is 133 Å². The first-order chi connectivity index (χ1) is 25.9. The van der Waals surface area contributed by atoms with Crippen LogP contribution in [0.3, 0.4) is 0 Å². The van der Waals surface area contributed by atoms with Gasteiger partial charge in [-0.05, 0) is 87.4 Å². The fraction of sp³-hybridized carbons (Fsp3) is 0.408. The van der Waals surface area contributed by atoms with Gasteiger partial charge in [-0.1, -0.05) is 182 Å². The van der Waals surface area contributed by atoms with Crippen molar-refractivity contribution in [3.05, 3.63) is 150 Å². The third-order valence-corrected chi connectivity index (χ3v) is 21.8. The molecule has 0 fully saturated rings. The standard InChI is InChI=1S/C49H63NO2Si2/c1-47(2,3)53(42-26-12-8-13-27-42,43-28-14-9-15-29-43)51-38-49(7,37-23-22-25-41-36-35-40-24-20-21-34-46(40)50-41)39-52-54(48(4,5)6,44-30-16-10-17-31-44)45-32-18-11-19-33-45/h8-19,26-33,35-36H,20-25,34,37-39H2,1-7H3. The summed E-state index contributed by atoms with van der Waals surface area (Å²) in [5.74, 6) is 0. The Balaban J connectivity index is 1.35. The maximum Gasteiger partial charge on any atom is 0.261 e. The largest absolute Gasteiger partial charge is 0.407 e. The van der Waals surface area contributed by atoms with E-state index in [1.807, 2.05) is 0 Å². The second-order valence-electron chi connectivity index (χ2n) is 18.0. The fourth-order valence-electron chi connectivity index (χ4n) is 8.90. The molecule has 5 heteroatoms. The van der Waals surface area contributed by atoms with Crippen LogP contribution in [0.25, 0.3) is 0 Å². The molecular weight excluding hydrogens is 691 g/mol. The van der Waals surface area contributed by atoms with Crippen LogP contribution in [-0.2, 0) is 28.1 Å². The van der Waals surface area contributed by atoms with Crippen molar-refractivity contribution in [1.82, 2.24) is 4.98 Å². The predicted octanol–water partition coefficient (Wildman–Crippen LogP) is 9.83. The van der Waals surface area contributed by atoms with Gasteiger partial charge >= 0.3 is 0 Å². The van der Waals surface area contributed by atoms with Crippen LogP contribution in [0.5, 0.6) is 0 Å². The summed E-state index contributed by atoms with van der Waals surface area (Å²) >= 11 is 0. The van der Waals surface area contributed by atoms with Crippen molar-refractivity contribution in [2.24, 2.45) is 5.41 Å². The van der Waals surface area contributed by atoms with Gasteiger partial charge in [-0.3, -0.25) is 4.98 Å². The Bertz CT molecular complexity index is 1720. The Morgan fingerprint density at radius 2 is 0.907 bits per heavy atom. The minimum absolute atomic E-state index is 0.104. The van der Waals surface area contributed by atoms with Crippen molar-refractivity contribution in [3.8, 4) is 0 Å². The van der Waals surface area contributed by atoms with E-state index >= 15 is 0 Å². The molecule has 1 aromatic heterocycles.